The zero-order chi connectivity index (χ0) is 49.2. The largest absolute Gasteiger partial charge is 0.469 e. The van der Waals surface area contributed by atoms with Gasteiger partial charge in [0.1, 0.15) is 6.54 Å². The fourth-order valence-electron chi connectivity index (χ4n) is 9.75. The lowest BCUT2D eigenvalue weighted by atomic mass is 9.80. The van der Waals surface area contributed by atoms with Crippen molar-refractivity contribution in [2.45, 2.75) is 134 Å². The average molecular weight is 949 g/mol. The number of hydrogen-bond donors (Lipinski definition) is 2. The number of anilines is 2. The monoisotopic (exact) mass is 948 g/mol. The Bertz CT molecular complexity index is 2630. The van der Waals surface area contributed by atoms with E-state index in [0.29, 0.717) is 38.6 Å². The Morgan fingerprint density at radius 2 is 1.41 bits per heavy atom. The number of nitrogens with zero attached hydrogens (tertiary/aromatic N) is 2. The van der Waals surface area contributed by atoms with Gasteiger partial charge in [-0.05, 0) is 137 Å². The van der Waals surface area contributed by atoms with Gasteiger partial charge in [-0.25, -0.2) is 0 Å². The van der Waals surface area contributed by atoms with Crippen molar-refractivity contribution in [1.29, 1.82) is 0 Å². The lowest BCUT2D eigenvalue weighted by Crippen LogP contribution is -2.28. The highest BCUT2D eigenvalue weighted by atomic mass is 32.2. The van der Waals surface area contributed by atoms with Crippen molar-refractivity contribution in [3.05, 3.63) is 130 Å². The van der Waals surface area contributed by atoms with Gasteiger partial charge >= 0.3 is 17.9 Å². The van der Waals surface area contributed by atoms with Crippen LogP contribution in [0.2, 0.25) is 0 Å². The standard InChI is InChI=1S/C55H69N3O9S/c1-38-20-29-46-44(36-38)54(2,3)48(57(46)34-13-9-11-18-50(59)65-6)31-24-40-16-15-17-41(53(40)56-42-26-21-39(22-27-42)23-33-52(61)67-8)25-32-49-55(4,5)45-37-43(68(62,63)64)28-30-47(45)58(49)35-14-10-12-19-51(60)66-7/h20-22,24-32,36-37H,9-19,23,33-35H2,1-8H3,(H,62,63,64)/p+1/b41-25+,49-32+. The predicted octanol–water partition coefficient (Wildman–Crippen LogP) is 10.9. The van der Waals surface area contributed by atoms with Gasteiger partial charge in [-0.15, -0.1) is 0 Å². The summed E-state index contributed by atoms with van der Waals surface area (Å²) in [5.74, 6) is -0.660. The molecule has 364 valence electrons. The molecule has 0 saturated heterocycles. The minimum absolute atomic E-state index is 0.143. The summed E-state index contributed by atoms with van der Waals surface area (Å²) in [7, 11) is -0.203. The number of hydrogen-bond acceptors (Lipinski definition) is 10. The van der Waals surface area contributed by atoms with Gasteiger partial charge in [-0.2, -0.15) is 13.0 Å². The van der Waals surface area contributed by atoms with Crippen LogP contribution < -0.4 is 10.2 Å². The van der Waals surface area contributed by atoms with Gasteiger partial charge in [0.2, 0.25) is 5.69 Å². The van der Waals surface area contributed by atoms with E-state index in [1.54, 1.807) is 12.1 Å². The van der Waals surface area contributed by atoms with Crippen LogP contribution in [0.15, 0.2) is 112 Å². The van der Waals surface area contributed by atoms with Crippen molar-refractivity contribution < 1.29 is 46.1 Å². The number of methoxy groups -OCH3 is 3. The lowest BCUT2D eigenvalue weighted by molar-refractivity contribution is -0.438. The zero-order valence-electron chi connectivity index (χ0n) is 41.2. The molecule has 0 unspecified atom stereocenters. The molecule has 13 heteroatoms. The van der Waals surface area contributed by atoms with Crippen LogP contribution in [0.1, 0.15) is 127 Å². The minimum atomic E-state index is -4.43. The Labute approximate surface area is 403 Å². The highest BCUT2D eigenvalue weighted by molar-refractivity contribution is 7.85. The molecule has 0 amide bonds. The summed E-state index contributed by atoms with van der Waals surface area (Å²) < 4.78 is 51.8. The van der Waals surface area contributed by atoms with E-state index in [0.717, 1.165) is 97.4 Å². The molecule has 12 nitrogen and oxygen atoms in total. The molecular weight excluding hydrogens is 879 g/mol. The topological polar surface area (TPSA) is 152 Å². The highest BCUT2D eigenvalue weighted by Crippen LogP contribution is 2.49. The molecule has 0 fully saturated rings. The number of benzene rings is 3. The third kappa shape index (κ3) is 12.3. The Kier molecular flexibility index (Phi) is 17.1. The minimum Gasteiger partial charge on any atom is -0.469 e. The average Bonchev–Trinajstić information content (AvgIpc) is 3.66. The lowest BCUT2D eigenvalue weighted by Gasteiger charge is -2.28. The van der Waals surface area contributed by atoms with Gasteiger partial charge in [0.15, 0.2) is 5.71 Å². The number of rotatable bonds is 21. The molecular formula is C55H70N3O9S+. The van der Waals surface area contributed by atoms with Crippen LogP contribution in [0.25, 0.3) is 0 Å². The first-order chi connectivity index (χ1) is 32.4. The molecule has 1 aliphatic carbocycles. The molecule has 2 N–H and O–H groups in total. The summed E-state index contributed by atoms with van der Waals surface area (Å²) in [5, 5.41) is 3.82. The van der Waals surface area contributed by atoms with Crippen molar-refractivity contribution in [2.24, 2.45) is 0 Å². The number of allylic oxidation sites excluding steroid dienone is 7. The molecule has 2 aliphatic heterocycles. The molecule has 0 aromatic heterocycles. The second-order valence-corrected chi connectivity index (χ2v) is 20.5. The first-order valence-corrected chi connectivity index (χ1v) is 25.4. The van der Waals surface area contributed by atoms with E-state index in [1.807, 2.05) is 24.3 Å². The maximum atomic E-state index is 12.4. The van der Waals surface area contributed by atoms with Crippen LogP contribution in [-0.2, 0) is 56.0 Å². The SMILES string of the molecule is COC(=O)CCCCCN1/C(=C/C=C2\CCCC(/C=C/C3=[N+](CCCCCC(=O)OC)c4ccc(C)cc4C3(C)C)=C2Nc2ccc(CCC(=O)OC)cc2)C(C)(C)c2cc(S(=O)(=O)O)ccc21. The molecule has 2 heterocycles. The molecule has 0 saturated carbocycles. The van der Waals surface area contributed by atoms with Crippen molar-refractivity contribution in [1.82, 2.24) is 0 Å². The zero-order valence-corrected chi connectivity index (χ0v) is 42.0. The summed E-state index contributed by atoms with van der Waals surface area (Å²) in [6, 6.07) is 19.7. The van der Waals surface area contributed by atoms with Crippen LogP contribution in [-0.4, -0.2) is 75.6 Å². The number of esters is 3. The van der Waals surface area contributed by atoms with Gasteiger partial charge in [0.25, 0.3) is 10.1 Å². The molecule has 0 bridgehead atoms. The van der Waals surface area contributed by atoms with Crippen LogP contribution in [0.3, 0.4) is 0 Å². The Hall–Kier alpha value is -5.79. The second-order valence-electron chi connectivity index (χ2n) is 19.1. The molecule has 3 aromatic rings. The first-order valence-electron chi connectivity index (χ1n) is 23.9. The third-order valence-corrected chi connectivity index (χ3v) is 14.5. The summed E-state index contributed by atoms with van der Waals surface area (Å²) in [6.45, 7) is 12.3. The van der Waals surface area contributed by atoms with Gasteiger partial charge in [-0.1, -0.05) is 56.2 Å². The number of fused-ring (bicyclic) bond motifs is 2. The summed E-state index contributed by atoms with van der Waals surface area (Å²) >= 11 is 0. The van der Waals surface area contributed by atoms with Gasteiger partial charge in [0.05, 0.1) is 31.6 Å². The third-order valence-electron chi connectivity index (χ3n) is 13.7. The normalized spacial score (nSPS) is 17.5. The van der Waals surface area contributed by atoms with E-state index < -0.39 is 15.5 Å². The number of aryl methyl sites for hydroxylation is 2. The van der Waals surface area contributed by atoms with E-state index >= 15 is 0 Å². The van der Waals surface area contributed by atoms with Crippen molar-refractivity contribution in [3.63, 3.8) is 0 Å². The molecule has 0 radical (unpaired) electrons. The molecule has 3 aromatic carbocycles. The Balaban J connectivity index is 1.42. The van der Waals surface area contributed by atoms with E-state index in [4.69, 9.17) is 14.2 Å². The Morgan fingerprint density at radius 3 is 2.07 bits per heavy atom. The molecule has 68 heavy (non-hydrogen) atoms. The van der Waals surface area contributed by atoms with E-state index in [9.17, 15) is 27.4 Å². The number of nitrogens with one attached hydrogen (secondary N) is 1. The summed E-state index contributed by atoms with van der Waals surface area (Å²) in [4.78, 5) is 37.7. The number of ether oxygens (including phenoxy) is 3. The second kappa shape index (κ2) is 22.5. The summed E-state index contributed by atoms with van der Waals surface area (Å²) in [6.07, 6.45) is 18.1. The Morgan fingerprint density at radius 1 is 0.750 bits per heavy atom. The fourth-order valence-corrected chi connectivity index (χ4v) is 10.3. The highest BCUT2D eigenvalue weighted by Gasteiger charge is 2.44. The van der Waals surface area contributed by atoms with Crippen LogP contribution in [0.5, 0.6) is 0 Å². The van der Waals surface area contributed by atoms with Gasteiger partial charge in [-0.3, -0.25) is 18.9 Å². The van der Waals surface area contributed by atoms with E-state index in [2.05, 4.69) is 91.9 Å². The van der Waals surface area contributed by atoms with E-state index in [-0.39, 0.29) is 28.2 Å². The predicted molar refractivity (Wildman–Crippen MR) is 268 cm³/mol. The van der Waals surface area contributed by atoms with Crippen LogP contribution in [0, 0.1) is 6.92 Å². The number of unbranched alkanes of at least 4 members (excludes halogenated alkanes) is 4. The maximum absolute atomic E-state index is 12.4. The van der Waals surface area contributed by atoms with Gasteiger partial charge < -0.3 is 24.4 Å². The quantitative estimate of drug-likeness (QED) is 0.0345. The maximum Gasteiger partial charge on any atom is 0.305 e. The van der Waals surface area contributed by atoms with Crippen molar-refractivity contribution in [2.75, 3.05) is 44.6 Å². The smallest absolute Gasteiger partial charge is 0.305 e. The molecule has 6 rings (SSSR count). The molecule has 3 aliphatic rings. The molecule has 0 atom stereocenters. The van der Waals surface area contributed by atoms with Gasteiger partial charge in [0, 0.05) is 78.1 Å². The fraction of sp³-hybridized carbons (Fsp3) is 0.455. The number of carbonyl (C=O) groups is 3. The van der Waals surface area contributed by atoms with Crippen molar-refractivity contribution in [3.8, 4) is 0 Å². The molecule has 0 spiro atoms. The number of carbonyl (C=O) groups excluding carboxylic acids is 3. The van der Waals surface area contributed by atoms with E-state index in [1.165, 1.54) is 55.5 Å². The first kappa shape index (κ1) is 51.6. The summed E-state index contributed by atoms with van der Waals surface area (Å²) in [5.41, 5.74) is 12.0. The van der Waals surface area contributed by atoms with Crippen LogP contribution >= 0.6 is 0 Å². The van der Waals surface area contributed by atoms with Crippen molar-refractivity contribution >= 4 is 50.8 Å². The van der Waals surface area contributed by atoms with Crippen LogP contribution in [0.4, 0.5) is 17.1 Å².